The Morgan fingerprint density at radius 3 is 2.74 bits per heavy atom. The first-order valence-electron chi connectivity index (χ1n) is 5.99. The second-order valence-electron chi connectivity index (χ2n) is 4.39. The van der Waals surface area contributed by atoms with E-state index in [1.54, 1.807) is 19.3 Å². The molecule has 0 aliphatic carbocycles. The second kappa shape index (κ2) is 5.51. The molecule has 0 saturated carbocycles. The van der Waals surface area contributed by atoms with Gasteiger partial charge in [0, 0.05) is 7.05 Å². The summed E-state index contributed by atoms with van der Waals surface area (Å²) >= 11 is 0. The molecule has 2 aromatic rings. The van der Waals surface area contributed by atoms with Gasteiger partial charge in [0.15, 0.2) is 5.69 Å². The Morgan fingerprint density at radius 2 is 2.11 bits per heavy atom. The van der Waals surface area contributed by atoms with Gasteiger partial charge in [0.1, 0.15) is 5.75 Å². The highest BCUT2D eigenvalue weighted by molar-refractivity contribution is 6.03. The topological polar surface area (TPSA) is 69.0 Å². The number of ether oxygens (including phenoxy) is 1. The Balaban J connectivity index is 2.16. The van der Waals surface area contributed by atoms with Gasteiger partial charge in [0.05, 0.1) is 18.0 Å². The fourth-order valence-electron chi connectivity index (χ4n) is 1.56. The van der Waals surface area contributed by atoms with Gasteiger partial charge in [-0.3, -0.25) is 9.48 Å². The van der Waals surface area contributed by atoms with Crippen molar-refractivity contribution in [2.24, 2.45) is 7.05 Å². The first-order chi connectivity index (χ1) is 9.06. The summed E-state index contributed by atoms with van der Waals surface area (Å²) in [7, 11) is 1.71. The van der Waals surface area contributed by atoms with Gasteiger partial charge in [0.25, 0.3) is 5.91 Å². The Morgan fingerprint density at radius 1 is 1.37 bits per heavy atom. The van der Waals surface area contributed by atoms with Crippen LogP contribution in [-0.4, -0.2) is 27.0 Å². The van der Waals surface area contributed by atoms with Crippen LogP contribution in [0.3, 0.4) is 0 Å². The third-order valence-corrected chi connectivity index (χ3v) is 2.33. The van der Waals surface area contributed by atoms with Crippen LogP contribution < -0.4 is 10.1 Å². The number of carbonyl (C=O) groups excluding carboxylic acids is 1. The monoisotopic (exact) mass is 260 g/mol. The summed E-state index contributed by atoms with van der Waals surface area (Å²) in [5, 5.41) is 10.3. The number of nitrogens with zero attached hydrogens (tertiary/aromatic N) is 3. The molecule has 0 fully saturated rings. The van der Waals surface area contributed by atoms with E-state index in [9.17, 15) is 4.79 Å². The minimum absolute atomic E-state index is 0.0366. The maximum atomic E-state index is 12.0. The maximum Gasteiger partial charge on any atom is 0.277 e. The number of hydrogen-bond donors (Lipinski definition) is 1. The Hall–Kier alpha value is -2.37. The number of para-hydroxylation sites is 2. The second-order valence-corrected chi connectivity index (χ2v) is 4.39. The van der Waals surface area contributed by atoms with Crippen LogP contribution in [-0.2, 0) is 7.05 Å². The van der Waals surface area contributed by atoms with Crippen molar-refractivity contribution in [3.8, 4) is 5.75 Å². The van der Waals surface area contributed by atoms with Crippen LogP contribution in [0.2, 0.25) is 0 Å². The smallest absolute Gasteiger partial charge is 0.277 e. The van der Waals surface area contributed by atoms with Crippen molar-refractivity contribution in [2.45, 2.75) is 20.0 Å². The molecule has 19 heavy (non-hydrogen) atoms. The minimum Gasteiger partial charge on any atom is -0.489 e. The molecule has 1 aromatic carbocycles. The van der Waals surface area contributed by atoms with Crippen molar-refractivity contribution in [1.29, 1.82) is 0 Å². The lowest BCUT2D eigenvalue weighted by Crippen LogP contribution is -2.14. The lowest BCUT2D eigenvalue weighted by Gasteiger charge is -2.14. The number of aryl methyl sites for hydroxylation is 1. The Kier molecular flexibility index (Phi) is 3.79. The number of rotatable bonds is 4. The van der Waals surface area contributed by atoms with Crippen LogP contribution in [0.1, 0.15) is 24.3 Å². The van der Waals surface area contributed by atoms with Crippen LogP contribution in [0.15, 0.2) is 30.5 Å². The molecule has 1 heterocycles. The summed E-state index contributed by atoms with van der Waals surface area (Å²) in [4.78, 5) is 12.0. The number of hydrogen-bond acceptors (Lipinski definition) is 4. The van der Waals surface area contributed by atoms with Crippen molar-refractivity contribution >= 4 is 11.6 Å². The van der Waals surface area contributed by atoms with Gasteiger partial charge in [0.2, 0.25) is 0 Å². The summed E-state index contributed by atoms with van der Waals surface area (Å²) in [6.07, 6.45) is 1.59. The van der Waals surface area contributed by atoms with Crippen LogP contribution in [0.4, 0.5) is 5.69 Å². The Labute approximate surface area is 111 Å². The van der Waals surface area contributed by atoms with E-state index in [0.717, 1.165) is 0 Å². The van der Waals surface area contributed by atoms with Crippen molar-refractivity contribution in [1.82, 2.24) is 15.0 Å². The number of benzene rings is 1. The van der Waals surface area contributed by atoms with Gasteiger partial charge in [-0.05, 0) is 26.0 Å². The molecule has 2 rings (SSSR count). The number of aromatic nitrogens is 3. The van der Waals surface area contributed by atoms with Crippen molar-refractivity contribution < 1.29 is 9.53 Å². The van der Waals surface area contributed by atoms with E-state index >= 15 is 0 Å². The zero-order valence-electron chi connectivity index (χ0n) is 11.1. The molecule has 0 saturated heterocycles. The highest BCUT2D eigenvalue weighted by atomic mass is 16.5. The molecular weight excluding hydrogens is 244 g/mol. The third-order valence-electron chi connectivity index (χ3n) is 2.33. The van der Waals surface area contributed by atoms with Gasteiger partial charge in [-0.2, -0.15) is 0 Å². The number of anilines is 1. The molecule has 0 radical (unpaired) electrons. The first-order valence-corrected chi connectivity index (χ1v) is 5.99. The molecule has 1 aromatic heterocycles. The van der Waals surface area contributed by atoms with Crippen molar-refractivity contribution in [3.05, 3.63) is 36.2 Å². The number of carbonyl (C=O) groups is 1. The van der Waals surface area contributed by atoms with E-state index in [4.69, 9.17) is 4.74 Å². The maximum absolute atomic E-state index is 12.0. The molecule has 100 valence electrons. The lowest BCUT2D eigenvalue weighted by molar-refractivity contribution is 0.102. The predicted molar refractivity (Wildman–Crippen MR) is 71.2 cm³/mol. The molecule has 6 heteroatoms. The highest BCUT2D eigenvalue weighted by Crippen LogP contribution is 2.25. The van der Waals surface area contributed by atoms with Gasteiger partial charge < -0.3 is 10.1 Å². The average Bonchev–Trinajstić information content (AvgIpc) is 2.78. The van der Waals surface area contributed by atoms with Crippen LogP contribution in [0.5, 0.6) is 5.75 Å². The molecule has 0 spiro atoms. The van der Waals surface area contributed by atoms with Gasteiger partial charge in [-0.25, -0.2) is 0 Å². The van der Waals surface area contributed by atoms with Crippen LogP contribution >= 0.6 is 0 Å². The standard InChI is InChI=1S/C13H16N4O2/c1-9(2)19-12-7-5-4-6-10(12)14-13(18)11-8-17(3)16-15-11/h4-9H,1-3H3,(H,14,18). The summed E-state index contributed by atoms with van der Waals surface area (Å²) in [5.41, 5.74) is 0.883. The molecule has 0 unspecified atom stereocenters. The molecule has 1 N–H and O–H groups in total. The molecule has 6 nitrogen and oxygen atoms in total. The minimum atomic E-state index is -0.312. The van der Waals surface area contributed by atoms with E-state index in [0.29, 0.717) is 11.4 Å². The summed E-state index contributed by atoms with van der Waals surface area (Å²) in [5.74, 6) is 0.322. The quantitative estimate of drug-likeness (QED) is 0.911. The van der Waals surface area contributed by atoms with E-state index in [1.165, 1.54) is 4.68 Å². The van der Waals surface area contributed by atoms with E-state index in [1.807, 2.05) is 32.0 Å². The fraction of sp³-hybridized carbons (Fsp3) is 0.308. The zero-order chi connectivity index (χ0) is 13.8. The van der Waals surface area contributed by atoms with E-state index in [-0.39, 0.29) is 17.7 Å². The van der Waals surface area contributed by atoms with Gasteiger partial charge in [-0.15, -0.1) is 5.10 Å². The Bertz CT molecular complexity index is 578. The van der Waals surface area contributed by atoms with Crippen molar-refractivity contribution in [2.75, 3.05) is 5.32 Å². The van der Waals surface area contributed by atoms with Gasteiger partial charge in [-0.1, -0.05) is 17.3 Å². The number of nitrogens with one attached hydrogen (secondary N) is 1. The van der Waals surface area contributed by atoms with Gasteiger partial charge >= 0.3 is 0 Å². The molecule has 0 aliphatic rings. The van der Waals surface area contributed by atoms with E-state index < -0.39 is 0 Å². The summed E-state index contributed by atoms with van der Waals surface area (Å²) in [6.45, 7) is 3.86. The lowest BCUT2D eigenvalue weighted by atomic mass is 10.2. The molecule has 0 bridgehead atoms. The number of amides is 1. The zero-order valence-corrected chi connectivity index (χ0v) is 11.1. The van der Waals surface area contributed by atoms with E-state index in [2.05, 4.69) is 15.6 Å². The molecule has 1 amide bonds. The summed E-state index contributed by atoms with van der Waals surface area (Å²) in [6, 6.07) is 7.29. The normalized spacial score (nSPS) is 10.5. The molecule has 0 atom stereocenters. The van der Waals surface area contributed by atoms with Crippen LogP contribution in [0.25, 0.3) is 0 Å². The SMILES string of the molecule is CC(C)Oc1ccccc1NC(=O)c1cn(C)nn1. The summed E-state index contributed by atoms with van der Waals surface area (Å²) < 4.78 is 7.11. The largest absolute Gasteiger partial charge is 0.489 e. The fourth-order valence-corrected chi connectivity index (χ4v) is 1.56. The van der Waals surface area contributed by atoms with Crippen molar-refractivity contribution in [3.63, 3.8) is 0 Å². The van der Waals surface area contributed by atoms with Crippen LogP contribution in [0, 0.1) is 0 Å². The molecule has 0 aliphatic heterocycles. The molecular formula is C13H16N4O2. The third kappa shape index (κ3) is 3.31. The predicted octanol–water partition coefficient (Wildman–Crippen LogP) is 1.85. The first kappa shape index (κ1) is 13.1. The average molecular weight is 260 g/mol. The highest BCUT2D eigenvalue weighted by Gasteiger charge is 2.13.